The molecule has 1 atom stereocenters. The van der Waals surface area contributed by atoms with E-state index in [9.17, 15) is 0 Å². The number of fused-ring (bicyclic) bond motifs is 1. The zero-order valence-corrected chi connectivity index (χ0v) is 16.4. The Hall–Kier alpha value is 0.423. The van der Waals surface area contributed by atoms with Gasteiger partial charge in [-0.2, -0.15) is 0 Å². The first-order chi connectivity index (χ1) is 7.93. The van der Waals surface area contributed by atoms with Crippen molar-refractivity contribution >= 4 is 30.9 Å². The van der Waals surface area contributed by atoms with Crippen molar-refractivity contribution in [1.82, 2.24) is 0 Å². The van der Waals surface area contributed by atoms with Crippen LogP contribution in [0.5, 0.6) is 0 Å². The summed E-state index contributed by atoms with van der Waals surface area (Å²) in [5.74, 6) is 1.25. The molecule has 0 saturated heterocycles. The molecule has 0 nitrogen and oxygen atoms in total. The molecule has 3 heteroatoms. The van der Waals surface area contributed by atoms with Crippen LogP contribution in [0.2, 0.25) is 0 Å². The zero-order chi connectivity index (χ0) is 12.7. The molecule has 0 aliphatic heterocycles. The predicted molar refractivity (Wildman–Crippen MR) is 85.5 cm³/mol. The average Bonchev–Trinajstić information content (AvgIpc) is 2.54. The number of hydrogen-bond acceptors (Lipinski definition) is 0. The molecule has 0 amide bonds. The monoisotopic (exact) mass is 375 g/mol. The Morgan fingerprint density at radius 1 is 0.947 bits per heavy atom. The van der Waals surface area contributed by atoms with Crippen molar-refractivity contribution in [3.63, 3.8) is 0 Å². The van der Waals surface area contributed by atoms with E-state index in [4.69, 9.17) is 0 Å². The van der Waals surface area contributed by atoms with Crippen LogP contribution in [0.1, 0.15) is 72.3 Å². The summed E-state index contributed by atoms with van der Waals surface area (Å²) < 4.78 is 0.688. The van der Waals surface area contributed by atoms with Gasteiger partial charge in [0, 0.05) is 0 Å². The van der Waals surface area contributed by atoms with Crippen molar-refractivity contribution in [2.45, 2.75) is 50.1 Å². The van der Waals surface area contributed by atoms with Crippen LogP contribution in [-0.2, 0) is 24.7 Å². The molecular weight excluding hydrogens is 354 g/mol. The van der Waals surface area contributed by atoms with E-state index < -0.39 is 0 Å². The summed E-state index contributed by atoms with van der Waals surface area (Å²) in [4.78, 5) is 0. The summed E-state index contributed by atoms with van der Waals surface area (Å²) in [5.41, 5.74) is 7.79. The molecule has 19 heavy (non-hydrogen) atoms. The van der Waals surface area contributed by atoms with E-state index in [-0.39, 0.29) is 24.8 Å². The maximum Gasteiger partial charge on any atom is -0.147 e. The van der Waals surface area contributed by atoms with Gasteiger partial charge in [0.2, 0.25) is 0 Å². The zero-order valence-electron chi connectivity index (χ0n) is 12.3. The van der Waals surface area contributed by atoms with Crippen molar-refractivity contribution in [2.75, 3.05) is 0 Å². The molecule has 1 aliphatic rings. The molecule has 0 fully saturated rings. The van der Waals surface area contributed by atoms with Crippen molar-refractivity contribution < 1.29 is 24.7 Å². The average molecular weight is 377 g/mol. The van der Waals surface area contributed by atoms with Crippen molar-refractivity contribution in [2.24, 2.45) is 0 Å². The first-order valence-electron chi connectivity index (χ1n) is 6.49. The van der Waals surface area contributed by atoms with Crippen LogP contribution in [0.4, 0.5) is 0 Å². The second-order valence-electron chi connectivity index (χ2n) is 5.70. The molecule has 0 heterocycles. The number of hydrogen-bond donors (Lipinski definition) is 0. The van der Waals surface area contributed by atoms with E-state index in [1.54, 1.807) is 41.4 Å². The van der Waals surface area contributed by atoms with Gasteiger partial charge < -0.3 is 0 Å². The molecule has 0 N–H and O–H groups in total. The van der Waals surface area contributed by atoms with Crippen LogP contribution in [0.25, 0.3) is 6.08 Å². The molecule has 1 unspecified atom stereocenters. The van der Waals surface area contributed by atoms with E-state index >= 15 is 0 Å². The normalized spacial score (nSPS) is 16.7. The standard InChI is InChI=1S/C16H21.2ClH.Zr/c1-10(2)13-6-7-14(11(3)4)16-9-12(5)8-15(13)16;;;/h6-11H,1-5H3;2*1H;. The topological polar surface area (TPSA) is 0 Å². The minimum absolute atomic E-state index is 0. The molecule has 0 saturated carbocycles. The summed E-state index contributed by atoms with van der Waals surface area (Å²) in [6.45, 7) is 11.5. The molecule has 1 aromatic rings. The number of allylic oxidation sites excluding steroid dienone is 1. The Bertz CT molecular complexity index is 476. The largest absolute Gasteiger partial charge is 0.147 e. The van der Waals surface area contributed by atoms with Crippen molar-refractivity contribution in [1.29, 1.82) is 0 Å². The maximum absolute atomic E-state index is 2.43. The number of benzene rings is 1. The predicted octanol–water partition coefficient (Wildman–Crippen LogP) is 5.78. The summed E-state index contributed by atoms with van der Waals surface area (Å²) in [5, 5.41) is 0. The summed E-state index contributed by atoms with van der Waals surface area (Å²) in [6.07, 6.45) is 2.43. The molecule has 0 spiro atoms. The quantitative estimate of drug-likeness (QED) is 0.613. The molecular formula is C16H23Cl2Zr. The van der Waals surface area contributed by atoms with E-state index in [0.29, 0.717) is 15.5 Å². The Morgan fingerprint density at radius 2 is 1.42 bits per heavy atom. The maximum atomic E-state index is 2.43. The van der Waals surface area contributed by atoms with Crippen LogP contribution < -0.4 is 0 Å². The third kappa shape index (κ3) is 3.55. The summed E-state index contributed by atoms with van der Waals surface area (Å²) in [7, 11) is 0. The molecule has 1 aliphatic carbocycles. The minimum atomic E-state index is 0. The van der Waals surface area contributed by atoms with Gasteiger partial charge in [-0.3, -0.25) is 0 Å². The Morgan fingerprint density at radius 3 is 1.89 bits per heavy atom. The third-order valence-corrected chi connectivity index (χ3v) is 5.54. The molecule has 1 aromatic carbocycles. The van der Waals surface area contributed by atoms with Crippen LogP contribution in [-0.4, -0.2) is 0 Å². The second kappa shape index (κ2) is 7.44. The van der Waals surface area contributed by atoms with E-state index in [2.05, 4.69) is 52.8 Å². The van der Waals surface area contributed by atoms with Gasteiger partial charge in [0.1, 0.15) is 0 Å². The Labute approximate surface area is 145 Å². The fraction of sp³-hybridized carbons (Fsp3) is 0.500. The molecule has 0 bridgehead atoms. The molecule has 0 aromatic heterocycles. The van der Waals surface area contributed by atoms with Crippen LogP contribution >= 0.6 is 24.8 Å². The van der Waals surface area contributed by atoms with Gasteiger partial charge in [-0.25, -0.2) is 0 Å². The molecule has 2 rings (SSSR count). The first-order valence-corrected chi connectivity index (χ1v) is 7.91. The Kier molecular flexibility index (Phi) is 7.60. The van der Waals surface area contributed by atoms with Gasteiger partial charge in [0.05, 0.1) is 0 Å². The molecule has 105 valence electrons. The molecule has 0 radical (unpaired) electrons. The van der Waals surface area contributed by atoms with Gasteiger partial charge in [-0.1, -0.05) is 0 Å². The van der Waals surface area contributed by atoms with Gasteiger partial charge in [-0.15, -0.1) is 24.8 Å². The van der Waals surface area contributed by atoms with Gasteiger partial charge in [0.15, 0.2) is 0 Å². The second-order valence-corrected chi connectivity index (χ2v) is 7.12. The Balaban J connectivity index is 0.00000162. The number of rotatable bonds is 2. The van der Waals surface area contributed by atoms with E-state index in [1.165, 1.54) is 11.1 Å². The van der Waals surface area contributed by atoms with Crippen LogP contribution in [0.15, 0.2) is 17.7 Å². The first kappa shape index (κ1) is 19.4. The van der Waals surface area contributed by atoms with Crippen LogP contribution in [0.3, 0.4) is 0 Å². The summed E-state index contributed by atoms with van der Waals surface area (Å²) in [6, 6.07) is 4.71. The smallest absolute Gasteiger partial charge is 0.147 e. The fourth-order valence-corrected chi connectivity index (χ4v) is 3.70. The van der Waals surface area contributed by atoms with Crippen LogP contribution in [0, 0.1) is 0 Å². The van der Waals surface area contributed by atoms with Gasteiger partial charge >= 0.3 is 121 Å². The van der Waals surface area contributed by atoms with E-state index in [0.717, 1.165) is 0 Å². The fourth-order valence-electron chi connectivity index (χ4n) is 2.70. The van der Waals surface area contributed by atoms with Crippen molar-refractivity contribution in [3.8, 4) is 0 Å². The minimum Gasteiger partial charge on any atom is -0.147 e. The van der Waals surface area contributed by atoms with Crippen molar-refractivity contribution in [3.05, 3.63) is 40.0 Å². The van der Waals surface area contributed by atoms with Gasteiger partial charge in [0.25, 0.3) is 0 Å². The summed E-state index contributed by atoms with van der Waals surface area (Å²) >= 11 is 1.62. The van der Waals surface area contributed by atoms with Gasteiger partial charge in [-0.05, 0) is 0 Å². The van der Waals surface area contributed by atoms with E-state index in [1.807, 2.05) is 0 Å². The SMILES string of the molecule is CC1=Cc2c(C(C)C)ccc(C(C)C)c2[CH]1[Zr].Cl.Cl. The number of halogens is 2. The third-order valence-electron chi connectivity index (χ3n) is 3.71.